The van der Waals surface area contributed by atoms with E-state index in [0.29, 0.717) is 23.5 Å². The van der Waals surface area contributed by atoms with E-state index in [0.717, 1.165) is 68.4 Å². The summed E-state index contributed by atoms with van der Waals surface area (Å²) in [6, 6.07) is 8.29. The Bertz CT molecular complexity index is 1230. The molecule has 5 atom stereocenters. The maximum atomic E-state index is 12.9. The predicted octanol–water partition coefficient (Wildman–Crippen LogP) is 4.59. The van der Waals surface area contributed by atoms with Gasteiger partial charge in [-0.15, -0.1) is 0 Å². The molecule has 5 rings (SSSR count). The Morgan fingerprint density at radius 1 is 1.09 bits per heavy atom. The van der Waals surface area contributed by atoms with Crippen molar-refractivity contribution in [3.63, 3.8) is 0 Å². The summed E-state index contributed by atoms with van der Waals surface area (Å²) in [7, 11) is -2.71. The molecule has 2 aromatic rings. The highest BCUT2D eigenvalue weighted by molar-refractivity contribution is 7.87. The molecular formula is C25H29NO7S. The van der Waals surface area contributed by atoms with Gasteiger partial charge in [-0.2, -0.15) is 8.42 Å². The van der Waals surface area contributed by atoms with Crippen LogP contribution in [0.3, 0.4) is 0 Å². The number of hydrogen-bond donors (Lipinski definition) is 1. The standard InChI is InChI=1S/C25H29NO7S/c1-25-12-11-18-19(21(25)9-10-24(25)27)8-3-15-13-23(22(32-2)14-20(15)18)33-34(30,31)17-6-4-16(5-7-17)26(28)29/h4-7,13-14,18-19,21,24,27H,3,8-12H2,1-2H3. The third kappa shape index (κ3) is 3.65. The summed E-state index contributed by atoms with van der Waals surface area (Å²) < 4.78 is 36.7. The molecular weight excluding hydrogens is 458 g/mol. The molecule has 0 spiro atoms. The number of benzene rings is 2. The number of aliphatic hydroxyl groups excluding tert-OH is 1. The fourth-order valence-corrected chi connectivity index (χ4v) is 7.61. The lowest BCUT2D eigenvalue weighted by atomic mass is 9.55. The average molecular weight is 488 g/mol. The maximum absolute atomic E-state index is 12.9. The molecule has 0 radical (unpaired) electrons. The number of non-ortho nitro benzene ring substituents is 1. The lowest BCUT2D eigenvalue weighted by molar-refractivity contribution is -0.384. The topological polar surface area (TPSA) is 116 Å². The Kier molecular flexibility index (Phi) is 5.60. The lowest BCUT2D eigenvalue weighted by Gasteiger charge is -2.50. The second kappa shape index (κ2) is 8.23. The molecule has 0 aliphatic heterocycles. The molecule has 0 amide bonds. The molecule has 34 heavy (non-hydrogen) atoms. The number of ether oxygens (including phenoxy) is 1. The smallest absolute Gasteiger partial charge is 0.339 e. The molecule has 9 heteroatoms. The van der Waals surface area contributed by atoms with Crippen molar-refractivity contribution in [3.05, 3.63) is 57.6 Å². The van der Waals surface area contributed by atoms with E-state index in [1.54, 1.807) is 6.07 Å². The van der Waals surface area contributed by atoms with Crippen molar-refractivity contribution in [2.24, 2.45) is 17.3 Å². The largest absolute Gasteiger partial charge is 0.493 e. The molecule has 2 fully saturated rings. The molecule has 182 valence electrons. The maximum Gasteiger partial charge on any atom is 0.339 e. The molecule has 0 heterocycles. The highest BCUT2D eigenvalue weighted by atomic mass is 32.2. The normalized spacial score (nSPS) is 30.1. The first-order valence-corrected chi connectivity index (χ1v) is 13.1. The van der Waals surface area contributed by atoms with Crippen LogP contribution < -0.4 is 8.92 Å². The van der Waals surface area contributed by atoms with Gasteiger partial charge in [0.2, 0.25) is 0 Å². The van der Waals surface area contributed by atoms with Gasteiger partial charge in [0.15, 0.2) is 11.5 Å². The Labute approximate surface area is 199 Å². The molecule has 0 aromatic heterocycles. The minimum atomic E-state index is -4.19. The van der Waals surface area contributed by atoms with Gasteiger partial charge < -0.3 is 14.0 Å². The van der Waals surface area contributed by atoms with E-state index in [4.69, 9.17) is 8.92 Å². The van der Waals surface area contributed by atoms with Crippen molar-refractivity contribution in [2.45, 2.75) is 62.4 Å². The number of rotatable bonds is 5. The molecule has 3 aliphatic carbocycles. The van der Waals surface area contributed by atoms with Crippen molar-refractivity contribution in [1.29, 1.82) is 0 Å². The van der Waals surface area contributed by atoms with Crippen LogP contribution in [0.4, 0.5) is 5.69 Å². The molecule has 2 aromatic carbocycles. The third-order valence-corrected chi connectivity index (χ3v) is 9.74. The molecule has 2 saturated carbocycles. The Morgan fingerprint density at radius 3 is 2.50 bits per heavy atom. The molecule has 5 unspecified atom stereocenters. The van der Waals surface area contributed by atoms with E-state index in [1.165, 1.54) is 12.7 Å². The third-order valence-electron chi connectivity index (χ3n) is 8.49. The lowest BCUT2D eigenvalue weighted by Crippen LogP contribution is -2.43. The zero-order chi connectivity index (χ0) is 24.3. The van der Waals surface area contributed by atoms with Gasteiger partial charge in [-0.05, 0) is 97.1 Å². The minimum Gasteiger partial charge on any atom is -0.493 e. The van der Waals surface area contributed by atoms with Gasteiger partial charge in [0, 0.05) is 12.1 Å². The van der Waals surface area contributed by atoms with Crippen molar-refractivity contribution in [3.8, 4) is 11.5 Å². The van der Waals surface area contributed by atoms with Crippen LogP contribution in [0.5, 0.6) is 11.5 Å². The zero-order valence-corrected chi connectivity index (χ0v) is 20.1. The molecule has 8 nitrogen and oxygen atoms in total. The van der Waals surface area contributed by atoms with Crippen molar-refractivity contribution in [1.82, 2.24) is 0 Å². The minimum absolute atomic E-state index is 0.00928. The Morgan fingerprint density at radius 2 is 1.82 bits per heavy atom. The number of aryl methyl sites for hydroxylation is 1. The van der Waals surface area contributed by atoms with Gasteiger partial charge >= 0.3 is 10.1 Å². The Balaban J connectivity index is 1.44. The SMILES string of the molecule is COc1cc2c(cc1OS(=O)(=O)c1ccc([N+](=O)[O-])cc1)CCC1C2CCC2(C)C(O)CCC12. The van der Waals surface area contributed by atoms with Gasteiger partial charge in [-0.1, -0.05) is 6.92 Å². The van der Waals surface area contributed by atoms with Crippen LogP contribution >= 0.6 is 0 Å². The van der Waals surface area contributed by atoms with Crippen LogP contribution in [0.2, 0.25) is 0 Å². The van der Waals surface area contributed by atoms with E-state index < -0.39 is 15.0 Å². The fraction of sp³-hybridized carbons (Fsp3) is 0.520. The quantitative estimate of drug-likeness (QED) is 0.372. The van der Waals surface area contributed by atoms with Gasteiger partial charge in [0.25, 0.3) is 5.69 Å². The number of aliphatic hydroxyl groups is 1. The van der Waals surface area contributed by atoms with E-state index in [-0.39, 0.29) is 27.9 Å². The van der Waals surface area contributed by atoms with Crippen LogP contribution in [0.25, 0.3) is 0 Å². The fourth-order valence-electron chi connectivity index (χ4n) is 6.68. The van der Waals surface area contributed by atoms with Gasteiger partial charge in [0.05, 0.1) is 18.1 Å². The molecule has 1 N–H and O–H groups in total. The summed E-state index contributed by atoms with van der Waals surface area (Å²) >= 11 is 0. The molecule has 0 saturated heterocycles. The first-order chi connectivity index (χ1) is 16.1. The zero-order valence-electron chi connectivity index (χ0n) is 19.3. The summed E-state index contributed by atoms with van der Waals surface area (Å²) in [6.45, 7) is 2.24. The van der Waals surface area contributed by atoms with Crippen LogP contribution in [-0.4, -0.2) is 31.7 Å². The van der Waals surface area contributed by atoms with E-state index >= 15 is 0 Å². The average Bonchev–Trinajstić information content (AvgIpc) is 3.12. The van der Waals surface area contributed by atoms with Gasteiger partial charge in [0.1, 0.15) is 4.90 Å². The second-order valence-corrected chi connectivity index (χ2v) is 11.6. The van der Waals surface area contributed by atoms with Crippen molar-refractivity contribution < 1.29 is 27.4 Å². The number of fused-ring (bicyclic) bond motifs is 5. The summed E-state index contributed by atoms with van der Waals surface area (Å²) in [4.78, 5) is 10.1. The van der Waals surface area contributed by atoms with Gasteiger partial charge in [-0.25, -0.2) is 0 Å². The summed E-state index contributed by atoms with van der Waals surface area (Å²) in [5.41, 5.74) is 2.05. The molecule has 3 aliphatic rings. The first kappa shape index (κ1) is 23.1. The summed E-state index contributed by atoms with van der Waals surface area (Å²) in [6.07, 6.45) is 5.49. The summed E-state index contributed by atoms with van der Waals surface area (Å²) in [5, 5.41) is 21.5. The highest BCUT2D eigenvalue weighted by Crippen LogP contribution is 2.61. The van der Waals surface area contributed by atoms with Gasteiger partial charge in [-0.3, -0.25) is 10.1 Å². The highest BCUT2D eigenvalue weighted by Gasteiger charge is 2.54. The van der Waals surface area contributed by atoms with Crippen LogP contribution in [0, 0.1) is 27.4 Å². The second-order valence-electron chi connectivity index (χ2n) is 10.0. The number of nitrogens with zero attached hydrogens (tertiary/aromatic N) is 1. The van der Waals surface area contributed by atoms with Crippen molar-refractivity contribution >= 4 is 15.8 Å². The van der Waals surface area contributed by atoms with E-state index in [1.807, 2.05) is 6.07 Å². The van der Waals surface area contributed by atoms with E-state index in [2.05, 4.69) is 6.92 Å². The van der Waals surface area contributed by atoms with Crippen LogP contribution in [0.1, 0.15) is 56.1 Å². The number of hydrogen-bond acceptors (Lipinski definition) is 7. The van der Waals surface area contributed by atoms with Crippen LogP contribution in [-0.2, 0) is 16.5 Å². The number of nitro benzene ring substituents is 1. The first-order valence-electron chi connectivity index (χ1n) is 11.7. The van der Waals surface area contributed by atoms with Crippen molar-refractivity contribution in [2.75, 3.05) is 7.11 Å². The van der Waals surface area contributed by atoms with E-state index in [9.17, 15) is 23.6 Å². The number of methoxy groups -OCH3 is 1. The predicted molar refractivity (Wildman–Crippen MR) is 125 cm³/mol. The summed E-state index contributed by atoms with van der Waals surface area (Å²) in [5.74, 6) is 1.84. The Hall–Kier alpha value is -2.65. The van der Waals surface area contributed by atoms with Crippen LogP contribution in [0.15, 0.2) is 41.3 Å². The monoisotopic (exact) mass is 487 g/mol. The molecule has 0 bridgehead atoms. The number of nitro groups is 1.